The molecule has 2 aliphatic rings. The Balaban J connectivity index is 1.82. The Morgan fingerprint density at radius 3 is 2.73 bits per heavy atom. The zero-order valence-electron chi connectivity index (χ0n) is 12.5. The monoisotopic (exact) mass is 297 g/mol. The average Bonchev–Trinajstić information content (AvgIpc) is 3.07. The van der Waals surface area contributed by atoms with Crippen LogP contribution in [0.25, 0.3) is 10.8 Å². The van der Waals surface area contributed by atoms with Gasteiger partial charge in [0.25, 0.3) is 0 Å². The van der Waals surface area contributed by atoms with Crippen LogP contribution < -0.4 is 0 Å². The molecule has 1 saturated heterocycles. The van der Waals surface area contributed by atoms with Gasteiger partial charge in [0, 0.05) is 0 Å². The second-order valence-corrected chi connectivity index (χ2v) is 6.26. The number of hydrogen-bond acceptors (Lipinski definition) is 3. The van der Waals surface area contributed by atoms with Crippen molar-refractivity contribution in [3.05, 3.63) is 47.5 Å². The maximum atomic E-state index is 12.2. The van der Waals surface area contributed by atoms with Crippen molar-refractivity contribution in [1.29, 1.82) is 0 Å². The second kappa shape index (κ2) is 4.99. The number of methoxy groups -OCH3 is 1. The van der Waals surface area contributed by atoms with E-state index in [0.717, 1.165) is 12.8 Å². The number of aliphatic hydroxyl groups is 1. The zero-order valence-corrected chi connectivity index (χ0v) is 12.5. The van der Waals surface area contributed by atoms with E-state index in [9.17, 15) is 9.90 Å². The molecule has 1 aliphatic heterocycles. The van der Waals surface area contributed by atoms with Gasteiger partial charge in [0.15, 0.2) is 0 Å². The lowest BCUT2D eigenvalue weighted by Crippen LogP contribution is -2.39. The van der Waals surface area contributed by atoms with Crippen molar-refractivity contribution >= 4 is 16.9 Å². The third-order valence-corrected chi connectivity index (χ3v) is 5.12. The Hall–Kier alpha value is -2.07. The van der Waals surface area contributed by atoms with Crippen LogP contribution in [0.4, 0.5) is 4.79 Å². The number of fused-ring (bicyclic) bond motifs is 4. The number of carbonyl (C=O) groups excluding carboxylic acids is 1. The van der Waals surface area contributed by atoms with Crippen molar-refractivity contribution in [2.45, 2.75) is 24.9 Å². The van der Waals surface area contributed by atoms with Crippen LogP contribution >= 0.6 is 0 Å². The summed E-state index contributed by atoms with van der Waals surface area (Å²) >= 11 is 0. The van der Waals surface area contributed by atoms with E-state index in [1.807, 2.05) is 12.1 Å². The Bertz CT molecular complexity index is 742. The van der Waals surface area contributed by atoms with Crippen LogP contribution in [0.1, 0.15) is 23.6 Å². The molecule has 1 aliphatic carbocycles. The van der Waals surface area contributed by atoms with E-state index < -0.39 is 0 Å². The standard InChI is InChI=1S/C18H19NO3/c1-22-18(21)19-15(10-20)8-14-7-13-6-11-4-2-3-5-12(11)9-16(13)17(14)19/h2-6,9,14-15,17,20H,7-8,10H2,1H3/t14-,15+,17+/m1/s1. The van der Waals surface area contributed by atoms with Crippen LogP contribution in [0.15, 0.2) is 36.4 Å². The van der Waals surface area contributed by atoms with Gasteiger partial charge in [0.2, 0.25) is 0 Å². The van der Waals surface area contributed by atoms with Gasteiger partial charge in [-0.3, -0.25) is 4.90 Å². The Kier molecular flexibility index (Phi) is 3.08. The van der Waals surface area contributed by atoms with Crippen LogP contribution in [0.5, 0.6) is 0 Å². The quantitative estimate of drug-likeness (QED) is 0.880. The van der Waals surface area contributed by atoms with Crippen molar-refractivity contribution in [2.75, 3.05) is 13.7 Å². The van der Waals surface area contributed by atoms with Gasteiger partial charge in [-0.1, -0.05) is 30.3 Å². The maximum Gasteiger partial charge on any atom is 0.410 e. The largest absolute Gasteiger partial charge is 0.453 e. The molecule has 0 aromatic heterocycles. The molecule has 3 atom stereocenters. The molecule has 22 heavy (non-hydrogen) atoms. The van der Waals surface area contributed by atoms with Crippen molar-refractivity contribution < 1.29 is 14.6 Å². The topological polar surface area (TPSA) is 49.8 Å². The van der Waals surface area contributed by atoms with E-state index in [1.165, 1.54) is 29.0 Å². The predicted octanol–water partition coefficient (Wildman–Crippen LogP) is 2.89. The van der Waals surface area contributed by atoms with Crippen molar-refractivity contribution in [3.63, 3.8) is 0 Å². The summed E-state index contributed by atoms with van der Waals surface area (Å²) in [6.07, 6.45) is 1.46. The summed E-state index contributed by atoms with van der Waals surface area (Å²) in [7, 11) is 1.40. The summed E-state index contributed by atoms with van der Waals surface area (Å²) < 4.78 is 4.95. The van der Waals surface area contributed by atoms with Gasteiger partial charge in [0.1, 0.15) is 0 Å². The predicted molar refractivity (Wildman–Crippen MR) is 83.6 cm³/mol. The van der Waals surface area contributed by atoms with Crippen LogP contribution in [-0.4, -0.2) is 35.9 Å². The number of hydrogen-bond donors (Lipinski definition) is 1. The number of carbonyl (C=O) groups is 1. The lowest BCUT2D eigenvalue weighted by molar-refractivity contribution is 0.0835. The lowest BCUT2D eigenvalue weighted by Gasteiger charge is -2.28. The molecule has 2 aromatic carbocycles. The summed E-state index contributed by atoms with van der Waals surface area (Å²) in [4.78, 5) is 13.9. The minimum atomic E-state index is -0.340. The number of ether oxygens (including phenoxy) is 1. The van der Waals surface area contributed by atoms with Gasteiger partial charge >= 0.3 is 6.09 Å². The second-order valence-electron chi connectivity index (χ2n) is 6.26. The summed E-state index contributed by atoms with van der Waals surface area (Å²) in [5.41, 5.74) is 2.53. The van der Waals surface area contributed by atoms with Gasteiger partial charge in [-0.15, -0.1) is 0 Å². The van der Waals surface area contributed by atoms with Gasteiger partial charge in [-0.05, 0) is 46.7 Å². The highest BCUT2D eigenvalue weighted by molar-refractivity contribution is 5.85. The molecule has 1 heterocycles. The Morgan fingerprint density at radius 1 is 1.32 bits per heavy atom. The highest BCUT2D eigenvalue weighted by Gasteiger charge is 2.48. The first-order valence-electron chi connectivity index (χ1n) is 7.71. The highest BCUT2D eigenvalue weighted by Crippen LogP contribution is 2.50. The molecular formula is C18H19NO3. The molecule has 4 rings (SSSR count). The first-order valence-corrected chi connectivity index (χ1v) is 7.71. The molecule has 0 radical (unpaired) electrons. The summed E-state index contributed by atoms with van der Waals surface area (Å²) in [5.74, 6) is 0.378. The minimum absolute atomic E-state index is 0.00891. The number of benzene rings is 2. The summed E-state index contributed by atoms with van der Waals surface area (Å²) in [6, 6.07) is 12.6. The summed E-state index contributed by atoms with van der Waals surface area (Å²) in [6.45, 7) is -0.00891. The van der Waals surface area contributed by atoms with E-state index in [0.29, 0.717) is 5.92 Å². The molecule has 114 valence electrons. The van der Waals surface area contributed by atoms with Crippen molar-refractivity contribution in [3.8, 4) is 0 Å². The van der Waals surface area contributed by atoms with Crippen LogP contribution in [0, 0.1) is 5.92 Å². The first-order chi connectivity index (χ1) is 10.7. The van der Waals surface area contributed by atoms with Gasteiger partial charge in [-0.2, -0.15) is 0 Å². The number of nitrogens with zero attached hydrogens (tertiary/aromatic N) is 1. The first kappa shape index (κ1) is 13.6. The van der Waals surface area contributed by atoms with E-state index in [-0.39, 0.29) is 24.8 Å². The highest BCUT2D eigenvalue weighted by atomic mass is 16.5. The van der Waals surface area contributed by atoms with Gasteiger partial charge < -0.3 is 9.84 Å². The van der Waals surface area contributed by atoms with Gasteiger partial charge in [0.05, 0.1) is 25.8 Å². The van der Waals surface area contributed by atoms with Crippen molar-refractivity contribution in [1.82, 2.24) is 4.90 Å². The Labute approximate surface area is 129 Å². The van der Waals surface area contributed by atoms with Gasteiger partial charge in [-0.25, -0.2) is 4.79 Å². The smallest absolute Gasteiger partial charge is 0.410 e. The normalized spacial score (nSPS) is 26.1. The van der Waals surface area contributed by atoms with E-state index in [1.54, 1.807) is 4.90 Å². The SMILES string of the molecule is COC(=O)N1[C@H](CO)C[C@H]2Cc3cc4ccccc4cc3[C@H]21. The zero-order chi connectivity index (χ0) is 15.3. The maximum absolute atomic E-state index is 12.2. The van der Waals surface area contributed by atoms with Crippen LogP contribution in [0.3, 0.4) is 0 Å². The molecule has 0 unspecified atom stereocenters. The minimum Gasteiger partial charge on any atom is -0.453 e. The number of likely N-dealkylation sites (tertiary alicyclic amines) is 1. The third-order valence-electron chi connectivity index (χ3n) is 5.12. The molecular weight excluding hydrogens is 278 g/mol. The fourth-order valence-corrected chi connectivity index (χ4v) is 4.22. The summed E-state index contributed by atoms with van der Waals surface area (Å²) in [5, 5.41) is 12.0. The molecule has 0 saturated carbocycles. The molecule has 0 spiro atoms. The Morgan fingerprint density at radius 2 is 2.05 bits per heavy atom. The average molecular weight is 297 g/mol. The molecule has 1 fully saturated rings. The van der Waals surface area contributed by atoms with Crippen LogP contribution in [-0.2, 0) is 11.2 Å². The molecule has 4 heteroatoms. The van der Waals surface area contributed by atoms with E-state index in [4.69, 9.17) is 4.74 Å². The molecule has 0 bridgehead atoms. The fourth-order valence-electron chi connectivity index (χ4n) is 4.22. The number of aliphatic hydroxyl groups excluding tert-OH is 1. The van der Waals surface area contributed by atoms with E-state index in [2.05, 4.69) is 24.3 Å². The number of rotatable bonds is 1. The third kappa shape index (κ3) is 1.83. The number of amides is 1. The molecule has 1 N–H and O–H groups in total. The molecule has 4 nitrogen and oxygen atoms in total. The van der Waals surface area contributed by atoms with Crippen molar-refractivity contribution in [2.24, 2.45) is 5.92 Å². The lowest BCUT2D eigenvalue weighted by atomic mass is 10.00. The van der Waals surface area contributed by atoms with Crippen LogP contribution in [0.2, 0.25) is 0 Å². The molecule has 1 amide bonds. The van der Waals surface area contributed by atoms with E-state index >= 15 is 0 Å². The molecule has 2 aromatic rings. The fraction of sp³-hybridized carbons (Fsp3) is 0.389.